The summed E-state index contributed by atoms with van der Waals surface area (Å²) < 4.78 is 0. The Bertz CT molecular complexity index is 763. The van der Waals surface area contributed by atoms with Crippen LogP contribution >= 0.6 is 0 Å². The summed E-state index contributed by atoms with van der Waals surface area (Å²) in [6.45, 7) is 2.03. The third-order valence-corrected chi connectivity index (χ3v) is 6.65. The molecule has 24 heavy (non-hydrogen) atoms. The second-order valence-electron chi connectivity index (χ2n) is 7.80. The molecule has 4 unspecified atom stereocenters. The number of Topliss-reactive ketones (excluding diaryl/α,β-unsaturated/α-hetero) is 1. The van der Waals surface area contributed by atoms with Gasteiger partial charge in [-0.15, -0.1) is 0 Å². The number of benzene rings is 1. The molecule has 3 aliphatic rings. The van der Waals surface area contributed by atoms with E-state index >= 15 is 0 Å². The van der Waals surface area contributed by atoms with Crippen molar-refractivity contribution < 1.29 is 19.8 Å². The van der Waals surface area contributed by atoms with Gasteiger partial charge < -0.3 is 10.2 Å². The van der Waals surface area contributed by atoms with Crippen molar-refractivity contribution in [1.29, 1.82) is 0 Å². The van der Waals surface area contributed by atoms with Crippen LogP contribution in [0, 0.1) is 17.3 Å². The molecule has 0 saturated heterocycles. The van der Waals surface area contributed by atoms with Gasteiger partial charge in [0.2, 0.25) is 0 Å². The van der Waals surface area contributed by atoms with Crippen molar-refractivity contribution in [3.05, 3.63) is 41.0 Å². The number of ketones is 1. The Morgan fingerprint density at radius 3 is 2.88 bits per heavy atom. The molecule has 0 spiro atoms. The second kappa shape index (κ2) is 5.20. The highest BCUT2D eigenvalue weighted by Gasteiger charge is 2.56. The van der Waals surface area contributed by atoms with E-state index in [2.05, 4.69) is 0 Å². The van der Waals surface area contributed by atoms with E-state index in [1.165, 1.54) is 11.1 Å². The number of phenols is 1. The van der Waals surface area contributed by atoms with Crippen molar-refractivity contribution in [3.8, 4) is 5.75 Å². The van der Waals surface area contributed by atoms with Crippen LogP contribution in [0.25, 0.3) is 0 Å². The third-order valence-electron chi connectivity index (χ3n) is 6.65. The van der Waals surface area contributed by atoms with Gasteiger partial charge in [-0.05, 0) is 73.1 Å². The van der Waals surface area contributed by atoms with Crippen LogP contribution in [0.5, 0.6) is 5.75 Å². The fourth-order valence-corrected chi connectivity index (χ4v) is 5.52. The quantitative estimate of drug-likeness (QED) is 0.775. The van der Waals surface area contributed by atoms with Crippen molar-refractivity contribution in [1.82, 2.24) is 0 Å². The lowest BCUT2D eigenvalue weighted by molar-refractivity contribution is -0.132. The highest BCUT2D eigenvalue weighted by atomic mass is 16.4. The molecule has 1 aromatic carbocycles. The largest absolute Gasteiger partial charge is 0.508 e. The maximum atomic E-state index is 12.8. The Balaban J connectivity index is 1.71. The molecule has 2 N–H and O–H groups in total. The van der Waals surface area contributed by atoms with Crippen LogP contribution in [0.1, 0.15) is 49.7 Å². The van der Waals surface area contributed by atoms with Crippen molar-refractivity contribution in [2.45, 2.75) is 44.9 Å². The standard InChI is InChI=1S/C20H22O4/c1-20-7-6-15-14-5-3-13(21)8-11(14)2-4-16(15)17(20)9-12(19(20)24)10-18(22)23/h3,5,8,10,15-17,21H,2,4,6-7,9H2,1H3,(H,22,23). The summed E-state index contributed by atoms with van der Waals surface area (Å²) >= 11 is 0. The topological polar surface area (TPSA) is 74.6 Å². The van der Waals surface area contributed by atoms with E-state index in [0.717, 1.165) is 31.8 Å². The fraction of sp³-hybridized carbons (Fsp3) is 0.500. The maximum absolute atomic E-state index is 12.8. The van der Waals surface area contributed by atoms with Gasteiger partial charge in [0, 0.05) is 17.1 Å². The van der Waals surface area contributed by atoms with Crippen LogP contribution in [0.4, 0.5) is 0 Å². The molecule has 4 nitrogen and oxygen atoms in total. The lowest BCUT2D eigenvalue weighted by atomic mass is 9.55. The van der Waals surface area contributed by atoms with Crippen LogP contribution in [-0.2, 0) is 16.0 Å². The van der Waals surface area contributed by atoms with Crippen LogP contribution in [0.15, 0.2) is 29.8 Å². The van der Waals surface area contributed by atoms with Gasteiger partial charge in [-0.1, -0.05) is 13.0 Å². The average Bonchev–Trinajstić information content (AvgIpc) is 2.78. The number of aromatic hydroxyl groups is 1. The molecule has 1 aromatic rings. The molecule has 126 valence electrons. The van der Waals surface area contributed by atoms with E-state index in [9.17, 15) is 14.7 Å². The van der Waals surface area contributed by atoms with Gasteiger partial charge in [0.1, 0.15) is 5.75 Å². The molecule has 0 bridgehead atoms. The highest BCUT2D eigenvalue weighted by Crippen LogP contribution is 2.60. The Morgan fingerprint density at radius 2 is 2.12 bits per heavy atom. The van der Waals surface area contributed by atoms with E-state index in [0.29, 0.717) is 29.6 Å². The Morgan fingerprint density at radius 1 is 1.33 bits per heavy atom. The minimum Gasteiger partial charge on any atom is -0.508 e. The van der Waals surface area contributed by atoms with E-state index in [1.54, 1.807) is 6.07 Å². The van der Waals surface area contributed by atoms with Gasteiger partial charge >= 0.3 is 5.97 Å². The second-order valence-corrected chi connectivity index (χ2v) is 7.80. The number of carboxylic acid groups (broad SMARTS) is 1. The number of carbonyl (C=O) groups is 2. The Hall–Kier alpha value is -2.10. The van der Waals surface area contributed by atoms with Crippen molar-refractivity contribution in [2.24, 2.45) is 17.3 Å². The molecule has 2 saturated carbocycles. The predicted octanol–water partition coefficient (Wildman–Crippen LogP) is 3.44. The average molecular weight is 326 g/mol. The summed E-state index contributed by atoms with van der Waals surface area (Å²) in [7, 11) is 0. The molecule has 4 atom stereocenters. The minimum atomic E-state index is -1.03. The molecule has 0 aromatic heterocycles. The van der Waals surface area contributed by atoms with E-state index < -0.39 is 11.4 Å². The number of carbonyl (C=O) groups excluding carboxylic acids is 1. The zero-order valence-corrected chi connectivity index (χ0v) is 13.8. The highest BCUT2D eigenvalue weighted by molar-refractivity contribution is 6.06. The van der Waals surface area contributed by atoms with Crippen LogP contribution < -0.4 is 0 Å². The van der Waals surface area contributed by atoms with Crippen LogP contribution in [0.2, 0.25) is 0 Å². The van der Waals surface area contributed by atoms with E-state index in [1.807, 2.05) is 19.1 Å². The first-order chi connectivity index (χ1) is 11.4. The summed E-state index contributed by atoms with van der Waals surface area (Å²) in [5.74, 6) is 0.409. The first kappa shape index (κ1) is 15.4. The molecule has 0 heterocycles. The number of hydrogen-bond donors (Lipinski definition) is 2. The van der Waals surface area contributed by atoms with Gasteiger partial charge in [-0.25, -0.2) is 4.79 Å². The molecule has 2 fully saturated rings. The monoisotopic (exact) mass is 326 g/mol. The predicted molar refractivity (Wildman–Crippen MR) is 88.8 cm³/mol. The summed E-state index contributed by atoms with van der Waals surface area (Å²) in [6.07, 6.45) is 5.42. The van der Waals surface area contributed by atoms with Crippen molar-refractivity contribution in [2.75, 3.05) is 0 Å². The maximum Gasteiger partial charge on any atom is 0.328 e. The van der Waals surface area contributed by atoms with Crippen molar-refractivity contribution in [3.63, 3.8) is 0 Å². The summed E-state index contributed by atoms with van der Waals surface area (Å²) in [5, 5.41) is 18.8. The van der Waals surface area contributed by atoms with Crippen LogP contribution in [0.3, 0.4) is 0 Å². The van der Waals surface area contributed by atoms with E-state index in [4.69, 9.17) is 5.11 Å². The number of rotatable bonds is 1. The fourth-order valence-electron chi connectivity index (χ4n) is 5.52. The lowest BCUT2D eigenvalue weighted by Gasteiger charge is -2.48. The normalized spacial score (nSPS) is 36.1. The SMILES string of the molecule is CC12CCC3c4ccc(O)cc4CCC3C1CC(=CC(=O)O)C2=O. The van der Waals surface area contributed by atoms with Gasteiger partial charge in [0.15, 0.2) is 5.78 Å². The number of phenolic OH excluding ortho intramolecular Hbond substituents is 1. The Labute approximate surface area is 141 Å². The van der Waals surface area contributed by atoms with Crippen LogP contribution in [-0.4, -0.2) is 22.0 Å². The molecular weight excluding hydrogens is 304 g/mol. The number of fused-ring (bicyclic) bond motifs is 5. The van der Waals surface area contributed by atoms with Gasteiger partial charge in [-0.3, -0.25) is 4.79 Å². The molecule has 4 heteroatoms. The molecule has 0 aliphatic heterocycles. The van der Waals surface area contributed by atoms with E-state index in [-0.39, 0.29) is 11.7 Å². The van der Waals surface area contributed by atoms with Crippen molar-refractivity contribution >= 4 is 11.8 Å². The third kappa shape index (κ3) is 2.12. The van der Waals surface area contributed by atoms with Gasteiger partial charge in [-0.2, -0.15) is 0 Å². The first-order valence-electron chi connectivity index (χ1n) is 8.70. The molecule has 0 radical (unpaired) electrons. The molecule has 3 aliphatic carbocycles. The molecular formula is C20H22O4. The number of aliphatic carboxylic acids is 1. The molecule has 4 rings (SSSR count). The molecule has 0 amide bonds. The number of allylic oxidation sites excluding steroid dienone is 1. The smallest absolute Gasteiger partial charge is 0.328 e. The zero-order valence-electron chi connectivity index (χ0n) is 13.8. The number of hydrogen-bond acceptors (Lipinski definition) is 3. The minimum absolute atomic E-state index is 0.0462. The summed E-state index contributed by atoms with van der Waals surface area (Å²) in [6, 6.07) is 5.66. The number of aryl methyl sites for hydroxylation is 1. The zero-order chi connectivity index (χ0) is 17.1. The Kier molecular flexibility index (Phi) is 3.34. The summed E-state index contributed by atoms with van der Waals surface area (Å²) in [5.41, 5.74) is 2.63. The summed E-state index contributed by atoms with van der Waals surface area (Å²) in [4.78, 5) is 23.8. The first-order valence-corrected chi connectivity index (χ1v) is 8.70. The van der Waals surface area contributed by atoms with Gasteiger partial charge in [0.25, 0.3) is 0 Å². The lowest BCUT2D eigenvalue weighted by Crippen LogP contribution is -2.42. The van der Waals surface area contributed by atoms with Gasteiger partial charge in [0.05, 0.1) is 0 Å². The number of carboxylic acids is 1.